The van der Waals surface area contributed by atoms with E-state index >= 15 is 0 Å². The van der Waals surface area contributed by atoms with E-state index in [9.17, 15) is 4.79 Å². The number of imidazole rings is 1. The highest BCUT2D eigenvalue weighted by atomic mass is 16.1. The summed E-state index contributed by atoms with van der Waals surface area (Å²) in [7, 11) is 0. The van der Waals surface area contributed by atoms with Crippen molar-refractivity contribution in [2.75, 3.05) is 0 Å². The van der Waals surface area contributed by atoms with Crippen molar-refractivity contribution in [2.45, 2.75) is 32.2 Å². The molecule has 0 amide bonds. The van der Waals surface area contributed by atoms with Crippen LogP contribution in [0.5, 0.6) is 0 Å². The second kappa shape index (κ2) is 3.17. The summed E-state index contributed by atoms with van der Waals surface area (Å²) in [5, 5.41) is 0. The Kier molecular flexibility index (Phi) is 2.02. The maximum atomic E-state index is 11.1. The molecule has 1 N–H and O–H groups in total. The van der Waals surface area contributed by atoms with E-state index < -0.39 is 0 Å². The van der Waals surface area contributed by atoms with Gasteiger partial charge < -0.3 is 4.98 Å². The highest BCUT2D eigenvalue weighted by molar-refractivity contribution is 4.78. The molecule has 0 radical (unpaired) electrons. The van der Waals surface area contributed by atoms with Crippen LogP contribution in [0, 0.1) is 5.92 Å². The van der Waals surface area contributed by atoms with Gasteiger partial charge in [0.05, 0.1) is 0 Å². The maximum absolute atomic E-state index is 11.1. The van der Waals surface area contributed by atoms with Crippen LogP contribution in [0.1, 0.15) is 25.7 Å². The van der Waals surface area contributed by atoms with E-state index in [1.165, 1.54) is 25.7 Å². The van der Waals surface area contributed by atoms with E-state index in [4.69, 9.17) is 0 Å². The van der Waals surface area contributed by atoms with Gasteiger partial charge in [0.2, 0.25) is 0 Å². The van der Waals surface area contributed by atoms with Gasteiger partial charge >= 0.3 is 5.69 Å². The van der Waals surface area contributed by atoms with E-state index in [-0.39, 0.29) is 5.69 Å². The third kappa shape index (κ3) is 1.44. The molecule has 1 saturated carbocycles. The van der Waals surface area contributed by atoms with Crippen molar-refractivity contribution in [1.82, 2.24) is 9.55 Å². The van der Waals surface area contributed by atoms with Crippen LogP contribution in [0.15, 0.2) is 17.2 Å². The molecule has 1 aliphatic rings. The Balaban J connectivity index is 2.03. The zero-order valence-electron chi connectivity index (χ0n) is 7.12. The summed E-state index contributed by atoms with van der Waals surface area (Å²) in [6.45, 7) is 0.905. The maximum Gasteiger partial charge on any atom is 0.325 e. The van der Waals surface area contributed by atoms with Gasteiger partial charge in [0.1, 0.15) is 0 Å². The molecule has 2 rings (SSSR count). The minimum absolute atomic E-state index is 0.0295. The summed E-state index contributed by atoms with van der Waals surface area (Å²) in [5.41, 5.74) is 0.0295. The van der Waals surface area contributed by atoms with Crippen LogP contribution >= 0.6 is 0 Å². The van der Waals surface area contributed by atoms with Crippen molar-refractivity contribution in [3.05, 3.63) is 22.9 Å². The third-order valence-corrected chi connectivity index (χ3v) is 2.65. The molecule has 0 saturated heterocycles. The van der Waals surface area contributed by atoms with Gasteiger partial charge in [-0.1, -0.05) is 12.8 Å². The number of aromatic nitrogens is 2. The fourth-order valence-corrected chi connectivity index (χ4v) is 1.96. The minimum atomic E-state index is 0.0295. The van der Waals surface area contributed by atoms with E-state index in [0.29, 0.717) is 0 Å². The van der Waals surface area contributed by atoms with Crippen molar-refractivity contribution in [3.63, 3.8) is 0 Å². The summed E-state index contributed by atoms with van der Waals surface area (Å²) in [6, 6.07) is 0. The highest BCUT2D eigenvalue weighted by Crippen LogP contribution is 2.25. The Labute approximate surface area is 71.4 Å². The normalized spacial score (nSPS) is 18.7. The number of nitrogens with one attached hydrogen (secondary N) is 1. The number of H-pyrrole nitrogens is 1. The topological polar surface area (TPSA) is 37.8 Å². The zero-order valence-corrected chi connectivity index (χ0v) is 7.12. The summed E-state index contributed by atoms with van der Waals surface area (Å²) >= 11 is 0. The van der Waals surface area contributed by atoms with E-state index in [1.54, 1.807) is 10.8 Å². The van der Waals surface area contributed by atoms with Crippen LogP contribution in [0.4, 0.5) is 0 Å². The number of aromatic amines is 1. The lowest BCUT2D eigenvalue weighted by atomic mass is 10.1. The average molecular weight is 166 g/mol. The Morgan fingerprint density at radius 1 is 1.50 bits per heavy atom. The predicted octanol–water partition coefficient (Wildman–Crippen LogP) is 1.37. The van der Waals surface area contributed by atoms with Gasteiger partial charge in [0.15, 0.2) is 0 Å². The van der Waals surface area contributed by atoms with Crippen LogP contribution in [-0.2, 0) is 6.54 Å². The Morgan fingerprint density at radius 3 is 2.83 bits per heavy atom. The molecular weight excluding hydrogens is 152 g/mol. The standard InChI is InChI=1S/C9H14N2O/c12-9-10-5-6-11(9)7-8-3-1-2-4-8/h5-6,8H,1-4,7H2,(H,10,12). The first-order valence-corrected chi connectivity index (χ1v) is 4.60. The molecule has 1 aliphatic carbocycles. The van der Waals surface area contributed by atoms with Gasteiger partial charge in [-0.2, -0.15) is 0 Å². The molecule has 3 nitrogen and oxygen atoms in total. The Hall–Kier alpha value is -0.990. The molecule has 0 bridgehead atoms. The first-order chi connectivity index (χ1) is 5.86. The van der Waals surface area contributed by atoms with Crippen molar-refractivity contribution in [2.24, 2.45) is 5.92 Å². The second-order valence-corrected chi connectivity index (χ2v) is 3.57. The van der Waals surface area contributed by atoms with Crippen molar-refractivity contribution >= 4 is 0 Å². The number of hydrogen-bond acceptors (Lipinski definition) is 1. The van der Waals surface area contributed by atoms with E-state index in [1.807, 2.05) is 6.20 Å². The average Bonchev–Trinajstić information content (AvgIpc) is 2.65. The van der Waals surface area contributed by atoms with Gasteiger partial charge in [-0.15, -0.1) is 0 Å². The molecule has 1 aromatic rings. The molecule has 12 heavy (non-hydrogen) atoms. The quantitative estimate of drug-likeness (QED) is 0.707. The highest BCUT2D eigenvalue weighted by Gasteiger charge is 2.15. The van der Waals surface area contributed by atoms with E-state index in [2.05, 4.69) is 4.98 Å². The minimum Gasteiger partial charge on any atom is -0.313 e. The first-order valence-electron chi connectivity index (χ1n) is 4.60. The molecule has 0 unspecified atom stereocenters. The molecule has 0 atom stereocenters. The van der Waals surface area contributed by atoms with Crippen molar-refractivity contribution < 1.29 is 0 Å². The lowest BCUT2D eigenvalue weighted by Gasteiger charge is -2.07. The smallest absolute Gasteiger partial charge is 0.313 e. The SMILES string of the molecule is O=c1[nH]ccn1CC1CCCC1. The number of rotatable bonds is 2. The molecule has 0 spiro atoms. The van der Waals surface area contributed by atoms with Gasteiger partial charge in [0, 0.05) is 18.9 Å². The third-order valence-electron chi connectivity index (χ3n) is 2.65. The summed E-state index contributed by atoms with van der Waals surface area (Å²) in [5.74, 6) is 0.735. The lowest BCUT2D eigenvalue weighted by Crippen LogP contribution is -2.19. The van der Waals surface area contributed by atoms with Crippen molar-refractivity contribution in [1.29, 1.82) is 0 Å². The zero-order chi connectivity index (χ0) is 8.39. The van der Waals surface area contributed by atoms with Crippen LogP contribution in [0.2, 0.25) is 0 Å². The second-order valence-electron chi connectivity index (χ2n) is 3.57. The van der Waals surface area contributed by atoms with Gasteiger partial charge in [-0.25, -0.2) is 4.79 Å². The largest absolute Gasteiger partial charge is 0.325 e. The predicted molar refractivity (Wildman–Crippen MR) is 47.0 cm³/mol. The lowest BCUT2D eigenvalue weighted by molar-refractivity contribution is 0.450. The van der Waals surface area contributed by atoms with Gasteiger partial charge in [-0.3, -0.25) is 4.57 Å². The fourth-order valence-electron chi connectivity index (χ4n) is 1.96. The molecule has 1 fully saturated rings. The molecule has 66 valence electrons. The molecule has 0 aromatic carbocycles. The monoisotopic (exact) mass is 166 g/mol. The fraction of sp³-hybridized carbons (Fsp3) is 0.667. The molecular formula is C9H14N2O. The van der Waals surface area contributed by atoms with Gasteiger partial charge in [0.25, 0.3) is 0 Å². The van der Waals surface area contributed by atoms with Crippen LogP contribution in [0.3, 0.4) is 0 Å². The molecule has 1 aromatic heterocycles. The van der Waals surface area contributed by atoms with E-state index in [0.717, 1.165) is 12.5 Å². The molecule has 0 aliphatic heterocycles. The summed E-state index contributed by atoms with van der Waals surface area (Å²) in [6.07, 6.45) is 8.79. The van der Waals surface area contributed by atoms with Crippen LogP contribution < -0.4 is 5.69 Å². The molecule has 1 heterocycles. The van der Waals surface area contributed by atoms with Gasteiger partial charge in [-0.05, 0) is 18.8 Å². The number of nitrogens with zero attached hydrogens (tertiary/aromatic N) is 1. The summed E-state index contributed by atoms with van der Waals surface area (Å²) < 4.78 is 1.77. The van der Waals surface area contributed by atoms with Crippen LogP contribution in [0.25, 0.3) is 0 Å². The van der Waals surface area contributed by atoms with Crippen LogP contribution in [-0.4, -0.2) is 9.55 Å². The molecule has 3 heteroatoms. The Morgan fingerprint density at radius 2 is 2.25 bits per heavy atom. The number of hydrogen-bond donors (Lipinski definition) is 1. The van der Waals surface area contributed by atoms with Crippen molar-refractivity contribution in [3.8, 4) is 0 Å². The first kappa shape index (κ1) is 7.65. The summed E-state index contributed by atoms with van der Waals surface area (Å²) in [4.78, 5) is 13.8. The Bertz CT molecular complexity index is 293.